The fourth-order valence-corrected chi connectivity index (χ4v) is 3.15. The molecule has 7 nitrogen and oxygen atoms in total. The van der Waals surface area contributed by atoms with Gasteiger partial charge < -0.3 is 19.8 Å². The highest BCUT2D eigenvalue weighted by atomic mass is 16.5. The first-order chi connectivity index (χ1) is 13.5. The van der Waals surface area contributed by atoms with E-state index in [0.717, 1.165) is 0 Å². The van der Waals surface area contributed by atoms with Gasteiger partial charge in [-0.3, -0.25) is 0 Å². The fraction of sp³-hybridized carbons (Fsp3) is 0. The van der Waals surface area contributed by atoms with E-state index in [4.69, 9.17) is 10.00 Å². The van der Waals surface area contributed by atoms with Crippen molar-refractivity contribution in [3.8, 4) is 17.6 Å². The molecule has 3 aromatic rings. The normalized spacial score (nSPS) is 11.6. The van der Waals surface area contributed by atoms with Crippen LogP contribution in [0.4, 0.5) is 17.1 Å². The maximum Gasteiger partial charge on any atom is 0.339 e. The van der Waals surface area contributed by atoms with Gasteiger partial charge in [-0.25, -0.2) is 9.59 Å². The Labute approximate surface area is 159 Å². The molecule has 136 valence electrons. The molecule has 1 aliphatic heterocycles. The molecule has 0 aliphatic carbocycles. The van der Waals surface area contributed by atoms with E-state index in [1.807, 2.05) is 6.07 Å². The fourth-order valence-electron chi connectivity index (χ4n) is 3.15. The minimum atomic E-state index is -1.19. The second kappa shape index (κ2) is 6.45. The third kappa shape index (κ3) is 2.61. The summed E-state index contributed by atoms with van der Waals surface area (Å²) in [7, 11) is 0. The molecule has 1 aliphatic rings. The van der Waals surface area contributed by atoms with Crippen LogP contribution in [0.25, 0.3) is 0 Å². The number of anilines is 3. The topological polar surface area (TPSA) is 111 Å². The number of carbonyl (C=O) groups is 2. The Morgan fingerprint density at radius 3 is 1.75 bits per heavy atom. The zero-order valence-corrected chi connectivity index (χ0v) is 14.3. The summed E-state index contributed by atoms with van der Waals surface area (Å²) in [5, 5.41) is 28.1. The Morgan fingerprint density at radius 2 is 1.32 bits per heavy atom. The smallest absolute Gasteiger partial charge is 0.339 e. The molecule has 0 atom stereocenters. The molecule has 7 heteroatoms. The van der Waals surface area contributed by atoms with E-state index in [1.54, 1.807) is 53.4 Å². The van der Waals surface area contributed by atoms with Crippen LogP contribution in [-0.4, -0.2) is 22.2 Å². The van der Waals surface area contributed by atoms with Gasteiger partial charge in [0.25, 0.3) is 0 Å². The van der Waals surface area contributed by atoms with Crippen molar-refractivity contribution in [2.24, 2.45) is 0 Å². The highest BCUT2D eigenvalue weighted by molar-refractivity contribution is 6.01. The lowest BCUT2D eigenvalue weighted by Crippen LogP contribution is -2.19. The first-order valence-corrected chi connectivity index (χ1v) is 8.22. The zero-order chi connectivity index (χ0) is 19.8. The molecule has 0 amide bonds. The van der Waals surface area contributed by atoms with E-state index in [0.29, 0.717) is 22.6 Å². The summed E-state index contributed by atoms with van der Waals surface area (Å²) in [5.41, 5.74) is 1.86. The third-order valence-corrected chi connectivity index (χ3v) is 4.39. The average molecular weight is 372 g/mol. The van der Waals surface area contributed by atoms with Crippen LogP contribution < -0.4 is 9.64 Å². The molecule has 4 rings (SSSR count). The molecule has 0 aromatic heterocycles. The summed E-state index contributed by atoms with van der Waals surface area (Å²) >= 11 is 0. The Morgan fingerprint density at radius 1 is 0.821 bits per heavy atom. The number of rotatable bonds is 3. The summed E-state index contributed by atoms with van der Waals surface area (Å²) in [6, 6.07) is 18.1. The lowest BCUT2D eigenvalue weighted by atomic mass is 10.0. The van der Waals surface area contributed by atoms with Gasteiger partial charge in [0.2, 0.25) is 0 Å². The third-order valence-electron chi connectivity index (χ3n) is 4.39. The SMILES string of the molecule is N#Cc1ccc(N2c3cccc(C(=O)O)c3Oc3c(C(=O)O)cccc32)cc1. The second-order valence-electron chi connectivity index (χ2n) is 6.01. The number of nitrogens with zero attached hydrogens (tertiary/aromatic N) is 2. The van der Waals surface area contributed by atoms with Crippen molar-refractivity contribution in [1.29, 1.82) is 5.26 Å². The van der Waals surface area contributed by atoms with Crippen LogP contribution in [0.15, 0.2) is 60.7 Å². The quantitative estimate of drug-likeness (QED) is 0.543. The molecular weight excluding hydrogens is 360 g/mol. The minimum absolute atomic E-state index is 0.0561. The van der Waals surface area contributed by atoms with E-state index in [2.05, 4.69) is 0 Å². The Kier molecular flexibility index (Phi) is 3.94. The number of ether oxygens (including phenoxy) is 1. The lowest BCUT2D eigenvalue weighted by Gasteiger charge is -2.34. The number of nitriles is 1. The summed E-state index contributed by atoms with van der Waals surface area (Å²) < 4.78 is 5.80. The van der Waals surface area contributed by atoms with Gasteiger partial charge in [-0.1, -0.05) is 12.1 Å². The maximum absolute atomic E-state index is 11.7. The molecule has 28 heavy (non-hydrogen) atoms. The summed E-state index contributed by atoms with van der Waals surface area (Å²) in [6.07, 6.45) is 0. The molecule has 0 saturated carbocycles. The predicted octanol–water partition coefficient (Wildman–Crippen LogP) is 4.53. The van der Waals surface area contributed by atoms with Crippen molar-refractivity contribution in [3.05, 3.63) is 77.4 Å². The van der Waals surface area contributed by atoms with Crippen LogP contribution in [0.2, 0.25) is 0 Å². The van der Waals surface area contributed by atoms with Crippen molar-refractivity contribution in [1.82, 2.24) is 0 Å². The van der Waals surface area contributed by atoms with Gasteiger partial charge in [0.1, 0.15) is 11.1 Å². The molecular formula is C21H12N2O5. The minimum Gasteiger partial charge on any atom is -0.478 e. The van der Waals surface area contributed by atoms with Crippen LogP contribution in [-0.2, 0) is 0 Å². The van der Waals surface area contributed by atoms with Gasteiger partial charge in [0.15, 0.2) is 11.5 Å². The number of benzene rings is 3. The summed E-state index contributed by atoms with van der Waals surface area (Å²) in [6.45, 7) is 0. The zero-order valence-electron chi connectivity index (χ0n) is 14.3. The molecule has 0 bridgehead atoms. The van der Waals surface area contributed by atoms with Crippen molar-refractivity contribution in [3.63, 3.8) is 0 Å². The number of carboxylic acids is 2. The molecule has 0 unspecified atom stereocenters. The van der Waals surface area contributed by atoms with Gasteiger partial charge in [0, 0.05) is 5.69 Å². The maximum atomic E-state index is 11.7. The summed E-state index contributed by atoms with van der Waals surface area (Å²) in [5.74, 6) is -2.26. The number of hydrogen-bond donors (Lipinski definition) is 2. The Hall–Kier alpha value is -4.31. The van der Waals surface area contributed by atoms with Crippen molar-refractivity contribution < 1.29 is 24.5 Å². The lowest BCUT2D eigenvalue weighted by molar-refractivity contribution is 0.0687. The van der Waals surface area contributed by atoms with Gasteiger partial charge in [-0.2, -0.15) is 5.26 Å². The second-order valence-corrected chi connectivity index (χ2v) is 6.01. The van der Waals surface area contributed by atoms with E-state index < -0.39 is 11.9 Å². The van der Waals surface area contributed by atoms with Crippen LogP contribution in [0.5, 0.6) is 11.5 Å². The highest BCUT2D eigenvalue weighted by Gasteiger charge is 2.32. The number of fused-ring (bicyclic) bond motifs is 2. The number of hydrogen-bond acceptors (Lipinski definition) is 5. The van der Waals surface area contributed by atoms with Crippen LogP contribution in [0.3, 0.4) is 0 Å². The number of para-hydroxylation sites is 2. The first kappa shape index (κ1) is 17.1. The van der Waals surface area contributed by atoms with Gasteiger partial charge in [-0.15, -0.1) is 0 Å². The standard InChI is InChI=1S/C21H12N2O5/c22-11-12-7-9-13(10-8-12)23-16-5-1-3-14(20(24)25)18(16)28-19-15(21(26)27)4-2-6-17(19)23/h1-10H,(H,24,25)(H,26,27). The molecule has 2 N–H and O–H groups in total. The Balaban J connectivity index is 2.02. The molecule has 1 heterocycles. The average Bonchev–Trinajstić information content (AvgIpc) is 2.71. The van der Waals surface area contributed by atoms with Gasteiger partial charge in [-0.05, 0) is 48.5 Å². The van der Waals surface area contributed by atoms with E-state index in [-0.39, 0.29) is 22.6 Å². The monoisotopic (exact) mass is 372 g/mol. The molecule has 0 saturated heterocycles. The van der Waals surface area contributed by atoms with E-state index in [9.17, 15) is 19.8 Å². The van der Waals surface area contributed by atoms with Crippen molar-refractivity contribution in [2.45, 2.75) is 0 Å². The number of aromatic carboxylic acids is 2. The largest absolute Gasteiger partial charge is 0.478 e. The van der Waals surface area contributed by atoms with Gasteiger partial charge >= 0.3 is 11.9 Å². The molecule has 0 spiro atoms. The van der Waals surface area contributed by atoms with Crippen LogP contribution in [0, 0.1) is 11.3 Å². The highest BCUT2D eigenvalue weighted by Crippen LogP contribution is 2.52. The first-order valence-electron chi connectivity index (χ1n) is 8.22. The van der Waals surface area contributed by atoms with Crippen LogP contribution in [0.1, 0.15) is 26.3 Å². The molecule has 3 aromatic carbocycles. The van der Waals surface area contributed by atoms with E-state index in [1.165, 1.54) is 12.1 Å². The van der Waals surface area contributed by atoms with Gasteiger partial charge in [0.05, 0.1) is 23.0 Å². The predicted molar refractivity (Wildman–Crippen MR) is 99.8 cm³/mol. The summed E-state index contributed by atoms with van der Waals surface area (Å²) in [4.78, 5) is 25.1. The molecule has 0 radical (unpaired) electrons. The van der Waals surface area contributed by atoms with Crippen molar-refractivity contribution in [2.75, 3.05) is 4.90 Å². The van der Waals surface area contributed by atoms with Crippen LogP contribution >= 0.6 is 0 Å². The molecule has 0 fully saturated rings. The van der Waals surface area contributed by atoms with E-state index >= 15 is 0 Å². The number of carboxylic acid groups (broad SMARTS) is 2. The Bertz CT molecular complexity index is 1100. The van der Waals surface area contributed by atoms with Crippen molar-refractivity contribution >= 4 is 29.0 Å².